The quantitative estimate of drug-likeness (QED) is 0.268. The van der Waals surface area contributed by atoms with Crippen LogP contribution in [0.3, 0.4) is 0 Å². The molecule has 2 N–H and O–H groups in total. The molecule has 2 bridgehead atoms. The van der Waals surface area contributed by atoms with Gasteiger partial charge in [-0.3, -0.25) is 9.69 Å². The molecule has 13 heteroatoms. The Morgan fingerprint density at radius 3 is 2.42 bits per heavy atom. The number of carbonyl (C=O) groups is 2. The predicted molar refractivity (Wildman–Crippen MR) is 185 cm³/mol. The number of nitrogens with zero attached hydrogens (tertiary/aromatic N) is 4. The minimum atomic E-state index is -3.50. The Kier molecular flexibility index (Phi) is 8.77. The molecule has 5 fully saturated rings. The van der Waals surface area contributed by atoms with Crippen molar-refractivity contribution < 1.29 is 37.0 Å². The van der Waals surface area contributed by atoms with Gasteiger partial charge in [0.15, 0.2) is 0 Å². The number of carbonyl (C=O) groups excluding carboxylic acids is 1. The van der Waals surface area contributed by atoms with E-state index in [1.165, 1.54) is 0 Å². The first kappa shape index (κ1) is 35.5. The van der Waals surface area contributed by atoms with Crippen molar-refractivity contribution in [2.24, 2.45) is 17.8 Å². The maximum absolute atomic E-state index is 15.4. The highest BCUT2D eigenvalue weighted by Gasteiger charge is 2.57. The number of rotatable bonds is 8. The number of carboxylic acid groups (broad SMARTS) is 1. The molecule has 282 valence electrons. The van der Waals surface area contributed by atoms with E-state index in [9.17, 15) is 23.5 Å². The number of alkyl halides is 4. The standard InChI is InChI=1S/C39H49F4N5O4/c1-23-14-24-16-25(15-23)39(18-24,34(50)51)46-33(49)29-19-44-35(45-32(29)36(2,40)41)48-20-37(12-4-3-5-13-37)30-17-28(10-11-31(30)48)52-27-8-6-26(7-9-27)47-21-38(42,43)22-47/h10-11,17,19,23-27H,3-9,12-16,18,20-22H2,1-2H3,(H,46,49)(H,50,51)/t23?,24?,25?,26-,27-,39?. The van der Waals surface area contributed by atoms with Crippen LogP contribution in [-0.2, 0) is 16.1 Å². The van der Waals surface area contributed by atoms with E-state index in [-0.39, 0.29) is 54.9 Å². The molecular formula is C39H49F4N5O4. The fourth-order valence-electron chi connectivity index (χ4n) is 10.8. The molecule has 1 aromatic carbocycles. The van der Waals surface area contributed by atoms with Crippen LogP contribution in [-0.4, -0.2) is 75.1 Å². The summed E-state index contributed by atoms with van der Waals surface area (Å²) in [4.78, 5) is 39.1. The fourth-order valence-corrected chi connectivity index (χ4v) is 10.8. The van der Waals surface area contributed by atoms with Gasteiger partial charge in [0.25, 0.3) is 17.8 Å². The van der Waals surface area contributed by atoms with E-state index >= 15 is 8.78 Å². The van der Waals surface area contributed by atoms with Crippen LogP contribution in [0.15, 0.2) is 24.4 Å². The molecule has 52 heavy (non-hydrogen) atoms. The largest absolute Gasteiger partial charge is 0.490 e. The first-order valence-corrected chi connectivity index (χ1v) is 19.2. The summed E-state index contributed by atoms with van der Waals surface area (Å²) in [5.74, 6) is -7.08. The van der Waals surface area contributed by atoms with Crippen LogP contribution < -0.4 is 15.0 Å². The van der Waals surface area contributed by atoms with Crippen molar-refractivity contribution in [2.45, 2.75) is 132 Å². The normalized spacial score (nSPS) is 32.3. The summed E-state index contributed by atoms with van der Waals surface area (Å²) < 4.78 is 64.1. The molecule has 8 rings (SSSR count). The lowest BCUT2D eigenvalue weighted by Crippen LogP contribution is -2.60. The van der Waals surface area contributed by atoms with Gasteiger partial charge in [0.1, 0.15) is 17.0 Å². The summed E-state index contributed by atoms with van der Waals surface area (Å²) in [5.41, 5.74) is -1.02. The zero-order valence-corrected chi connectivity index (χ0v) is 30.0. The van der Waals surface area contributed by atoms with E-state index in [2.05, 4.69) is 28.3 Å². The third kappa shape index (κ3) is 6.32. The number of aliphatic carboxylic acids is 1. The van der Waals surface area contributed by atoms with Crippen LogP contribution in [0, 0.1) is 17.8 Å². The SMILES string of the molecule is CC1CC2CC(C1)C(NC(=O)c1cnc(N3CC4(CCCCC4)c4cc(O[C@H]5CC[C@H](N6CC(F)(F)C6)CC5)ccc43)nc1C(C)(F)F)(C(=O)O)C2. The highest BCUT2D eigenvalue weighted by Crippen LogP contribution is 2.53. The molecule has 3 heterocycles. The third-order valence-corrected chi connectivity index (χ3v) is 13.2. The number of aromatic nitrogens is 2. The van der Waals surface area contributed by atoms with Crippen LogP contribution in [0.25, 0.3) is 0 Å². The number of fused-ring (bicyclic) bond motifs is 4. The Hall–Kier alpha value is -3.48. The molecule has 2 aromatic rings. The second kappa shape index (κ2) is 12.8. The average molecular weight is 728 g/mol. The van der Waals surface area contributed by atoms with Crippen molar-refractivity contribution in [3.63, 3.8) is 0 Å². The molecule has 4 saturated carbocycles. The molecule has 4 aliphatic carbocycles. The lowest BCUT2D eigenvalue weighted by atomic mass is 9.71. The van der Waals surface area contributed by atoms with Gasteiger partial charge in [-0.05, 0) is 106 Å². The number of benzene rings is 1. The van der Waals surface area contributed by atoms with Crippen LogP contribution in [0.5, 0.6) is 5.75 Å². The van der Waals surface area contributed by atoms with Gasteiger partial charge in [-0.25, -0.2) is 23.5 Å². The summed E-state index contributed by atoms with van der Waals surface area (Å²) in [5, 5.41) is 13.1. The first-order valence-electron chi connectivity index (χ1n) is 19.2. The summed E-state index contributed by atoms with van der Waals surface area (Å²) in [6, 6.07) is 6.06. The van der Waals surface area contributed by atoms with Crippen molar-refractivity contribution in [1.82, 2.24) is 20.2 Å². The fraction of sp³-hybridized carbons (Fsp3) is 0.692. The predicted octanol–water partition coefficient (Wildman–Crippen LogP) is 7.59. The number of carboxylic acids is 1. The highest BCUT2D eigenvalue weighted by atomic mass is 19.3. The maximum atomic E-state index is 15.4. The molecule has 4 atom stereocenters. The Labute approximate surface area is 301 Å². The number of ether oxygens (including phenoxy) is 1. The van der Waals surface area contributed by atoms with Crippen LogP contribution >= 0.6 is 0 Å². The summed E-state index contributed by atoms with van der Waals surface area (Å²) >= 11 is 0. The highest BCUT2D eigenvalue weighted by molar-refractivity contribution is 5.99. The van der Waals surface area contributed by atoms with Gasteiger partial charge < -0.3 is 20.1 Å². The molecule has 4 unspecified atom stereocenters. The number of hydrogen-bond acceptors (Lipinski definition) is 7. The van der Waals surface area contributed by atoms with Gasteiger partial charge >= 0.3 is 5.97 Å². The van der Waals surface area contributed by atoms with E-state index in [4.69, 9.17) is 4.74 Å². The van der Waals surface area contributed by atoms with Gasteiger partial charge in [-0.2, -0.15) is 8.78 Å². The summed E-state index contributed by atoms with van der Waals surface area (Å²) in [6.07, 6.45) is 11.8. The van der Waals surface area contributed by atoms with Crippen LogP contribution in [0.4, 0.5) is 29.2 Å². The molecule has 1 amide bonds. The van der Waals surface area contributed by atoms with Crippen molar-refractivity contribution in [1.29, 1.82) is 0 Å². The number of nitrogens with one attached hydrogen (secondary N) is 1. The maximum Gasteiger partial charge on any atom is 0.329 e. The monoisotopic (exact) mass is 727 g/mol. The number of amides is 1. The third-order valence-electron chi connectivity index (χ3n) is 13.2. The molecule has 2 aliphatic heterocycles. The minimum absolute atomic E-state index is 0.0141. The smallest absolute Gasteiger partial charge is 0.329 e. The Morgan fingerprint density at radius 1 is 1.02 bits per heavy atom. The van der Waals surface area contributed by atoms with E-state index in [0.717, 1.165) is 87.4 Å². The van der Waals surface area contributed by atoms with E-state index in [0.29, 0.717) is 32.2 Å². The zero-order valence-electron chi connectivity index (χ0n) is 30.0. The van der Waals surface area contributed by atoms with Gasteiger partial charge in [0, 0.05) is 36.8 Å². The summed E-state index contributed by atoms with van der Waals surface area (Å²) in [7, 11) is 0. The summed E-state index contributed by atoms with van der Waals surface area (Å²) in [6.45, 7) is 2.97. The van der Waals surface area contributed by atoms with Gasteiger partial charge in [0.2, 0.25) is 5.95 Å². The van der Waals surface area contributed by atoms with Crippen molar-refractivity contribution in [3.05, 3.63) is 41.2 Å². The van der Waals surface area contributed by atoms with E-state index in [1.54, 1.807) is 0 Å². The first-order chi connectivity index (χ1) is 24.6. The van der Waals surface area contributed by atoms with Gasteiger partial charge in [-0.1, -0.05) is 26.2 Å². The minimum Gasteiger partial charge on any atom is -0.490 e. The Morgan fingerprint density at radius 2 is 1.75 bits per heavy atom. The zero-order chi connectivity index (χ0) is 36.6. The van der Waals surface area contributed by atoms with Gasteiger partial charge in [0.05, 0.1) is 24.8 Å². The molecule has 6 aliphatic rings. The topological polar surface area (TPSA) is 108 Å². The lowest BCUT2D eigenvalue weighted by molar-refractivity contribution is -0.151. The second-order valence-corrected chi connectivity index (χ2v) is 17.0. The molecule has 1 spiro atoms. The second-order valence-electron chi connectivity index (χ2n) is 17.0. The van der Waals surface area contributed by atoms with Crippen molar-refractivity contribution in [2.75, 3.05) is 24.5 Å². The number of halogens is 4. The van der Waals surface area contributed by atoms with E-state index < -0.39 is 40.5 Å². The Balaban J connectivity index is 1.05. The molecule has 1 saturated heterocycles. The van der Waals surface area contributed by atoms with Crippen LogP contribution in [0.1, 0.15) is 119 Å². The van der Waals surface area contributed by atoms with Crippen molar-refractivity contribution in [3.8, 4) is 5.75 Å². The van der Waals surface area contributed by atoms with E-state index in [1.807, 2.05) is 21.9 Å². The Bertz CT molecular complexity index is 1710. The van der Waals surface area contributed by atoms with Crippen molar-refractivity contribution >= 4 is 23.5 Å². The van der Waals surface area contributed by atoms with Crippen LogP contribution in [0.2, 0.25) is 0 Å². The molecular weight excluding hydrogens is 678 g/mol. The number of hydrogen-bond donors (Lipinski definition) is 2. The van der Waals surface area contributed by atoms with Gasteiger partial charge in [-0.15, -0.1) is 0 Å². The average Bonchev–Trinajstić information content (AvgIpc) is 3.53. The number of likely N-dealkylation sites (tertiary alicyclic amines) is 1. The number of anilines is 2. The lowest BCUT2D eigenvalue weighted by Gasteiger charge is -2.46. The molecule has 1 aromatic heterocycles. The molecule has 9 nitrogen and oxygen atoms in total. The molecule has 0 radical (unpaired) electrons.